The van der Waals surface area contributed by atoms with Crippen LogP contribution in [0, 0.1) is 6.92 Å². The third kappa shape index (κ3) is 4.00. The minimum atomic E-state index is -4.49. The number of hydrogen-bond acceptors (Lipinski definition) is 4. The number of alkyl halides is 3. The second kappa shape index (κ2) is 7.81. The zero-order valence-electron chi connectivity index (χ0n) is 16.1. The Morgan fingerprint density at radius 1 is 1.23 bits per heavy atom. The summed E-state index contributed by atoms with van der Waals surface area (Å²) in [6.45, 7) is 2.12. The minimum absolute atomic E-state index is 0.0674. The van der Waals surface area contributed by atoms with E-state index in [2.05, 4.69) is 20.7 Å². The van der Waals surface area contributed by atoms with Gasteiger partial charge in [-0.3, -0.25) is 9.78 Å². The first kappa shape index (κ1) is 19.9. The lowest BCUT2D eigenvalue weighted by Gasteiger charge is -2.34. The highest BCUT2D eigenvalue weighted by Crippen LogP contribution is 2.44. The van der Waals surface area contributed by atoms with E-state index >= 15 is 0 Å². The maximum absolute atomic E-state index is 13.8. The molecule has 0 radical (unpaired) electrons. The van der Waals surface area contributed by atoms with Crippen LogP contribution in [-0.2, 0) is 6.54 Å². The van der Waals surface area contributed by atoms with Crippen molar-refractivity contribution in [1.82, 2.24) is 20.1 Å². The average molecular weight is 415 g/mol. The number of carbonyl (C=O) groups is 1. The van der Waals surface area contributed by atoms with Crippen molar-refractivity contribution >= 4 is 11.7 Å². The highest BCUT2D eigenvalue weighted by molar-refractivity contribution is 5.98. The number of carbonyl (C=O) groups excluding carboxylic acids is 1. The standard InChI is InChI=1S/C21H20F3N5O/c1-13-4-6-15(7-5-13)17-9-18(21(22,23)24)29-19(28-17)16(12-27-29)20(30)26-11-14-3-2-8-25-10-14/h2-8,10,12,17-18,28H,9,11H2,1H3,(H,26,30)/t17-,18-/m1/s1. The van der Waals surface area contributed by atoms with E-state index in [4.69, 9.17) is 0 Å². The summed E-state index contributed by atoms with van der Waals surface area (Å²) in [4.78, 5) is 16.7. The Morgan fingerprint density at radius 2 is 2.00 bits per heavy atom. The molecule has 3 heterocycles. The van der Waals surface area contributed by atoms with Gasteiger partial charge in [0.15, 0.2) is 6.04 Å². The number of fused-ring (bicyclic) bond motifs is 1. The first-order valence-electron chi connectivity index (χ1n) is 9.47. The van der Waals surface area contributed by atoms with Gasteiger partial charge in [-0.15, -0.1) is 0 Å². The topological polar surface area (TPSA) is 71.8 Å². The molecule has 9 heteroatoms. The molecule has 3 aromatic rings. The normalized spacial score (nSPS) is 18.4. The number of pyridine rings is 1. The van der Waals surface area contributed by atoms with Crippen molar-refractivity contribution < 1.29 is 18.0 Å². The van der Waals surface area contributed by atoms with Gasteiger partial charge in [0.1, 0.15) is 11.4 Å². The molecule has 0 aliphatic carbocycles. The maximum Gasteiger partial charge on any atom is 0.410 e. The summed E-state index contributed by atoms with van der Waals surface area (Å²) < 4.78 is 42.1. The van der Waals surface area contributed by atoms with E-state index in [1.807, 2.05) is 19.1 Å². The lowest BCUT2D eigenvalue weighted by atomic mass is 9.96. The fourth-order valence-corrected chi connectivity index (χ4v) is 3.53. The van der Waals surface area contributed by atoms with Crippen LogP contribution in [0.15, 0.2) is 55.0 Å². The number of rotatable bonds is 4. The van der Waals surface area contributed by atoms with Gasteiger partial charge in [-0.1, -0.05) is 35.9 Å². The van der Waals surface area contributed by atoms with Gasteiger partial charge >= 0.3 is 6.18 Å². The molecule has 0 saturated heterocycles. The van der Waals surface area contributed by atoms with Gasteiger partial charge in [0.05, 0.1) is 12.2 Å². The molecule has 6 nitrogen and oxygen atoms in total. The average Bonchev–Trinajstić information content (AvgIpc) is 3.16. The third-order valence-electron chi connectivity index (χ3n) is 5.14. The Kier molecular flexibility index (Phi) is 5.19. The van der Waals surface area contributed by atoms with Crippen LogP contribution >= 0.6 is 0 Å². The van der Waals surface area contributed by atoms with Gasteiger partial charge in [0.2, 0.25) is 0 Å². The van der Waals surface area contributed by atoms with Crippen LogP contribution in [0.3, 0.4) is 0 Å². The Balaban J connectivity index is 1.62. The molecule has 2 atom stereocenters. The van der Waals surface area contributed by atoms with Crippen molar-refractivity contribution in [2.75, 3.05) is 5.32 Å². The number of halogens is 3. The van der Waals surface area contributed by atoms with E-state index in [1.54, 1.807) is 36.7 Å². The molecule has 156 valence electrons. The van der Waals surface area contributed by atoms with Crippen molar-refractivity contribution in [1.29, 1.82) is 0 Å². The summed E-state index contributed by atoms with van der Waals surface area (Å²) in [7, 11) is 0. The first-order chi connectivity index (χ1) is 14.3. The van der Waals surface area contributed by atoms with Crippen LogP contribution in [0.5, 0.6) is 0 Å². The van der Waals surface area contributed by atoms with Crippen LogP contribution < -0.4 is 10.6 Å². The molecule has 1 amide bonds. The number of nitrogens with one attached hydrogen (secondary N) is 2. The molecule has 4 rings (SSSR count). The lowest BCUT2D eigenvalue weighted by Crippen LogP contribution is -2.36. The highest BCUT2D eigenvalue weighted by Gasteiger charge is 2.47. The minimum Gasteiger partial charge on any atom is -0.363 e. The van der Waals surface area contributed by atoms with Crippen molar-refractivity contribution in [2.45, 2.75) is 38.1 Å². The predicted molar refractivity (Wildman–Crippen MR) is 105 cm³/mol. The summed E-state index contributed by atoms with van der Waals surface area (Å²) in [5.41, 5.74) is 2.60. The molecule has 1 aliphatic heterocycles. The van der Waals surface area contributed by atoms with Gasteiger partial charge in [0.25, 0.3) is 5.91 Å². The molecule has 2 N–H and O–H groups in total. The van der Waals surface area contributed by atoms with E-state index in [-0.39, 0.29) is 24.3 Å². The van der Waals surface area contributed by atoms with E-state index < -0.39 is 24.2 Å². The lowest BCUT2D eigenvalue weighted by molar-refractivity contribution is -0.173. The van der Waals surface area contributed by atoms with Crippen molar-refractivity contribution in [3.05, 3.63) is 77.2 Å². The van der Waals surface area contributed by atoms with Crippen LogP contribution in [-0.4, -0.2) is 26.8 Å². The molecule has 0 fully saturated rings. The largest absolute Gasteiger partial charge is 0.410 e. The zero-order chi connectivity index (χ0) is 21.3. The monoisotopic (exact) mass is 415 g/mol. The third-order valence-corrected chi connectivity index (χ3v) is 5.14. The fraction of sp³-hybridized carbons (Fsp3) is 0.286. The Labute approximate surface area is 171 Å². The van der Waals surface area contributed by atoms with Gasteiger partial charge in [-0.2, -0.15) is 18.3 Å². The van der Waals surface area contributed by atoms with Crippen molar-refractivity contribution in [3.63, 3.8) is 0 Å². The number of benzene rings is 1. The molecule has 0 bridgehead atoms. The highest BCUT2D eigenvalue weighted by atomic mass is 19.4. The summed E-state index contributed by atoms with van der Waals surface area (Å²) in [6, 6.07) is 8.44. The number of aromatic nitrogens is 3. The van der Waals surface area contributed by atoms with Crippen LogP contribution in [0.2, 0.25) is 0 Å². The zero-order valence-corrected chi connectivity index (χ0v) is 16.1. The Hall–Kier alpha value is -3.36. The molecular weight excluding hydrogens is 395 g/mol. The Morgan fingerprint density at radius 3 is 2.67 bits per heavy atom. The fourth-order valence-electron chi connectivity index (χ4n) is 3.53. The number of amides is 1. The van der Waals surface area contributed by atoms with Crippen molar-refractivity contribution in [2.24, 2.45) is 0 Å². The predicted octanol–water partition coefficient (Wildman–Crippen LogP) is 4.18. The summed E-state index contributed by atoms with van der Waals surface area (Å²) in [5.74, 6) is -0.434. The van der Waals surface area contributed by atoms with Gasteiger partial charge in [-0.05, 0) is 24.1 Å². The molecule has 1 aliphatic rings. The number of nitrogens with zero attached hydrogens (tertiary/aromatic N) is 3. The number of aryl methyl sites for hydroxylation is 1. The summed E-state index contributed by atoms with van der Waals surface area (Å²) in [6.07, 6.45) is -0.296. The molecule has 0 saturated carbocycles. The SMILES string of the molecule is Cc1ccc([C@H]2C[C@H](C(F)(F)F)n3ncc(C(=O)NCc4cccnc4)c3N2)cc1. The Bertz CT molecular complexity index is 1030. The van der Waals surface area contributed by atoms with Crippen LogP contribution in [0.4, 0.5) is 19.0 Å². The first-order valence-corrected chi connectivity index (χ1v) is 9.47. The van der Waals surface area contributed by atoms with Crippen LogP contribution in [0.1, 0.15) is 45.6 Å². The van der Waals surface area contributed by atoms with Crippen LogP contribution in [0.25, 0.3) is 0 Å². The van der Waals surface area contributed by atoms with E-state index in [0.717, 1.165) is 21.4 Å². The second-order valence-corrected chi connectivity index (χ2v) is 7.30. The second-order valence-electron chi connectivity index (χ2n) is 7.30. The summed E-state index contributed by atoms with van der Waals surface area (Å²) >= 11 is 0. The van der Waals surface area contributed by atoms with Gasteiger partial charge in [-0.25, -0.2) is 4.68 Å². The maximum atomic E-state index is 13.8. The van der Waals surface area contributed by atoms with E-state index in [0.29, 0.717) is 0 Å². The smallest absolute Gasteiger partial charge is 0.363 e. The number of hydrogen-bond donors (Lipinski definition) is 2. The molecular formula is C21H20F3N5O. The van der Waals surface area contributed by atoms with E-state index in [1.165, 1.54) is 6.20 Å². The van der Waals surface area contributed by atoms with Crippen molar-refractivity contribution in [3.8, 4) is 0 Å². The van der Waals surface area contributed by atoms with Gasteiger partial charge < -0.3 is 10.6 Å². The molecule has 0 spiro atoms. The molecule has 0 unspecified atom stereocenters. The molecule has 30 heavy (non-hydrogen) atoms. The molecule has 1 aromatic carbocycles. The summed E-state index contributed by atoms with van der Waals surface area (Å²) in [5, 5.41) is 9.69. The van der Waals surface area contributed by atoms with Gasteiger partial charge in [0, 0.05) is 25.4 Å². The number of anilines is 1. The quantitative estimate of drug-likeness (QED) is 0.671. The van der Waals surface area contributed by atoms with E-state index in [9.17, 15) is 18.0 Å². The molecule has 2 aromatic heterocycles.